The predicted molar refractivity (Wildman–Crippen MR) is 125 cm³/mol. The van der Waals surface area contributed by atoms with E-state index in [0.717, 1.165) is 47.8 Å². The topological polar surface area (TPSA) is 85.3 Å². The maximum atomic E-state index is 9.65. The molecule has 1 unspecified atom stereocenters. The summed E-state index contributed by atoms with van der Waals surface area (Å²) in [7, 11) is 1.76. The number of aromatic nitrogens is 2. The fraction of sp³-hybridized carbons (Fsp3) is 0.333. The summed E-state index contributed by atoms with van der Waals surface area (Å²) in [6.45, 7) is 1.52. The first-order valence-electron chi connectivity index (χ1n) is 9.34. The van der Waals surface area contributed by atoms with Crippen molar-refractivity contribution in [2.75, 3.05) is 26.7 Å². The number of H-pyrrole nitrogens is 1. The fourth-order valence-electron chi connectivity index (χ4n) is 3.04. The molecule has 0 saturated carbocycles. The summed E-state index contributed by atoms with van der Waals surface area (Å²) in [5.74, 6) is 1.79. The molecular formula is C21H28IN5O. The molecule has 0 aliphatic rings. The lowest BCUT2D eigenvalue weighted by molar-refractivity contribution is 0.265. The van der Waals surface area contributed by atoms with Gasteiger partial charge in [0.1, 0.15) is 5.82 Å². The second-order valence-corrected chi connectivity index (χ2v) is 6.47. The van der Waals surface area contributed by atoms with Gasteiger partial charge in [0.25, 0.3) is 0 Å². The van der Waals surface area contributed by atoms with Crippen molar-refractivity contribution in [3.63, 3.8) is 0 Å². The average molecular weight is 493 g/mol. The third-order valence-corrected chi connectivity index (χ3v) is 4.55. The van der Waals surface area contributed by atoms with Crippen LogP contribution in [-0.4, -0.2) is 47.8 Å². The molecule has 0 aliphatic heterocycles. The van der Waals surface area contributed by atoms with Crippen LogP contribution in [0.15, 0.2) is 59.6 Å². The average Bonchev–Trinajstić information content (AvgIpc) is 3.13. The predicted octanol–water partition coefficient (Wildman–Crippen LogP) is 3.05. The van der Waals surface area contributed by atoms with Crippen molar-refractivity contribution in [3.05, 3.63) is 66.0 Å². The Morgan fingerprint density at radius 1 is 1.11 bits per heavy atom. The first kappa shape index (κ1) is 22.2. The Morgan fingerprint density at radius 2 is 1.86 bits per heavy atom. The number of aliphatic imine (C=N–C) groups is 1. The zero-order valence-electron chi connectivity index (χ0n) is 16.1. The summed E-state index contributed by atoms with van der Waals surface area (Å²) >= 11 is 0. The lowest BCUT2D eigenvalue weighted by Gasteiger charge is -2.18. The Morgan fingerprint density at radius 3 is 2.57 bits per heavy atom. The number of aryl methyl sites for hydroxylation is 1. The smallest absolute Gasteiger partial charge is 0.190 e. The van der Waals surface area contributed by atoms with Crippen LogP contribution in [0.4, 0.5) is 0 Å². The summed E-state index contributed by atoms with van der Waals surface area (Å²) in [6, 6.07) is 18.1. The zero-order chi connectivity index (χ0) is 18.9. The highest BCUT2D eigenvalue weighted by atomic mass is 127. The number of fused-ring (bicyclic) bond motifs is 1. The van der Waals surface area contributed by atoms with Gasteiger partial charge in [-0.3, -0.25) is 4.99 Å². The van der Waals surface area contributed by atoms with Gasteiger partial charge in [0, 0.05) is 32.5 Å². The minimum atomic E-state index is 0. The molecule has 0 fully saturated rings. The number of rotatable bonds is 8. The molecule has 28 heavy (non-hydrogen) atoms. The van der Waals surface area contributed by atoms with E-state index in [4.69, 9.17) is 0 Å². The molecule has 3 rings (SSSR count). The van der Waals surface area contributed by atoms with Crippen molar-refractivity contribution < 1.29 is 5.11 Å². The molecule has 0 spiro atoms. The van der Waals surface area contributed by atoms with Crippen LogP contribution in [0, 0.1) is 0 Å². The monoisotopic (exact) mass is 493 g/mol. The van der Waals surface area contributed by atoms with Crippen LogP contribution >= 0.6 is 24.0 Å². The second-order valence-electron chi connectivity index (χ2n) is 6.47. The van der Waals surface area contributed by atoms with Gasteiger partial charge in [-0.2, -0.15) is 0 Å². The molecule has 1 heterocycles. The summed E-state index contributed by atoms with van der Waals surface area (Å²) in [4.78, 5) is 12.2. The zero-order valence-corrected chi connectivity index (χ0v) is 18.4. The molecule has 1 atom stereocenters. The number of nitrogens with zero attached hydrogens (tertiary/aromatic N) is 2. The minimum Gasteiger partial charge on any atom is -0.396 e. The number of nitrogens with one attached hydrogen (secondary N) is 3. The first-order valence-corrected chi connectivity index (χ1v) is 9.34. The lowest BCUT2D eigenvalue weighted by atomic mass is 10.0. The number of imidazole rings is 1. The van der Waals surface area contributed by atoms with Crippen molar-refractivity contribution in [1.29, 1.82) is 0 Å². The third kappa shape index (κ3) is 6.20. The van der Waals surface area contributed by atoms with Crippen molar-refractivity contribution >= 4 is 41.0 Å². The van der Waals surface area contributed by atoms with Crippen LogP contribution in [0.1, 0.15) is 23.7 Å². The Bertz CT molecular complexity index is 832. The normalized spacial score (nSPS) is 12.4. The second kappa shape index (κ2) is 11.7. The Balaban J connectivity index is 0.00000280. The van der Waals surface area contributed by atoms with Gasteiger partial charge in [0.05, 0.1) is 17.6 Å². The van der Waals surface area contributed by atoms with Crippen molar-refractivity contribution in [2.24, 2.45) is 4.99 Å². The molecule has 4 N–H and O–H groups in total. The van der Waals surface area contributed by atoms with Gasteiger partial charge in [0.2, 0.25) is 0 Å². The number of para-hydroxylation sites is 2. The molecular weight excluding hydrogens is 465 g/mol. The Kier molecular flexibility index (Phi) is 9.22. The van der Waals surface area contributed by atoms with Gasteiger partial charge in [0.15, 0.2) is 5.96 Å². The minimum absolute atomic E-state index is 0. The van der Waals surface area contributed by atoms with Crippen molar-refractivity contribution in [3.8, 4) is 0 Å². The summed E-state index contributed by atoms with van der Waals surface area (Å²) in [6.07, 6.45) is 1.82. The Labute approximate surface area is 182 Å². The van der Waals surface area contributed by atoms with Crippen molar-refractivity contribution in [1.82, 2.24) is 20.6 Å². The number of aromatic amines is 1. The van der Waals surface area contributed by atoms with E-state index >= 15 is 0 Å². The van der Waals surface area contributed by atoms with Crippen LogP contribution in [0.25, 0.3) is 11.0 Å². The highest BCUT2D eigenvalue weighted by Crippen LogP contribution is 2.13. The number of hydrogen-bond donors (Lipinski definition) is 4. The van der Waals surface area contributed by atoms with E-state index in [-0.39, 0.29) is 36.5 Å². The van der Waals surface area contributed by atoms with E-state index in [1.807, 2.05) is 54.6 Å². The van der Waals surface area contributed by atoms with Crippen LogP contribution in [0.3, 0.4) is 0 Å². The quantitative estimate of drug-likeness (QED) is 0.168. The Hall–Kier alpha value is -2.13. The van der Waals surface area contributed by atoms with Gasteiger partial charge in [-0.15, -0.1) is 24.0 Å². The summed E-state index contributed by atoms with van der Waals surface area (Å²) in [5, 5.41) is 16.3. The van der Waals surface area contributed by atoms with Gasteiger partial charge >= 0.3 is 0 Å². The fourth-order valence-corrected chi connectivity index (χ4v) is 3.04. The van der Waals surface area contributed by atoms with Crippen LogP contribution in [0.2, 0.25) is 0 Å². The van der Waals surface area contributed by atoms with Gasteiger partial charge in [-0.25, -0.2) is 4.98 Å². The molecule has 0 radical (unpaired) electrons. The summed E-state index contributed by atoms with van der Waals surface area (Å²) < 4.78 is 0. The van der Waals surface area contributed by atoms with Gasteiger partial charge in [-0.1, -0.05) is 42.5 Å². The van der Waals surface area contributed by atoms with E-state index in [2.05, 4.69) is 25.6 Å². The molecule has 6 nitrogen and oxygen atoms in total. The van der Waals surface area contributed by atoms with Crippen LogP contribution in [-0.2, 0) is 6.42 Å². The van der Waals surface area contributed by atoms with Gasteiger partial charge in [-0.05, 0) is 24.1 Å². The molecule has 7 heteroatoms. The maximum absolute atomic E-state index is 9.65. The number of halogens is 1. The number of aliphatic hydroxyl groups excluding tert-OH is 1. The standard InChI is InChI=1S/C21H27N5O.HI/c1-22-21(24-14-17(15-27)16-8-3-2-4-9-16)23-13-7-12-20-25-18-10-5-6-11-19(18)26-20;/h2-6,8-11,17,27H,7,12-15H2,1H3,(H,25,26)(H2,22,23,24);1H. The number of aliphatic hydroxyl groups is 1. The van der Waals surface area contributed by atoms with E-state index in [1.165, 1.54) is 0 Å². The number of benzene rings is 2. The molecule has 0 bridgehead atoms. The molecule has 0 amide bonds. The molecule has 0 aliphatic carbocycles. The summed E-state index contributed by atoms with van der Waals surface area (Å²) in [5.41, 5.74) is 3.20. The third-order valence-electron chi connectivity index (χ3n) is 4.55. The van der Waals surface area contributed by atoms with E-state index in [9.17, 15) is 5.11 Å². The maximum Gasteiger partial charge on any atom is 0.190 e. The van der Waals surface area contributed by atoms with E-state index in [0.29, 0.717) is 6.54 Å². The van der Waals surface area contributed by atoms with Crippen LogP contribution in [0.5, 0.6) is 0 Å². The lowest BCUT2D eigenvalue weighted by Crippen LogP contribution is -2.40. The van der Waals surface area contributed by atoms with Gasteiger partial charge < -0.3 is 20.7 Å². The SMILES string of the molecule is CN=C(NCCCc1nc2ccccc2[nH]1)NCC(CO)c1ccccc1.I. The molecule has 2 aromatic carbocycles. The van der Waals surface area contributed by atoms with Crippen molar-refractivity contribution in [2.45, 2.75) is 18.8 Å². The van der Waals surface area contributed by atoms with E-state index in [1.54, 1.807) is 7.05 Å². The highest BCUT2D eigenvalue weighted by Gasteiger charge is 2.10. The van der Waals surface area contributed by atoms with Crippen LogP contribution < -0.4 is 10.6 Å². The molecule has 0 saturated heterocycles. The van der Waals surface area contributed by atoms with E-state index < -0.39 is 0 Å². The largest absolute Gasteiger partial charge is 0.396 e. The number of hydrogen-bond acceptors (Lipinski definition) is 3. The first-order chi connectivity index (χ1) is 13.3. The molecule has 150 valence electrons. The highest BCUT2D eigenvalue weighted by molar-refractivity contribution is 14.0. The number of guanidine groups is 1. The molecule has 3 aromatic rings. The molecule has 1 aromatic heterocycles.